The first kappa shape index (κ1) is 20.3. The third kappa shape index (κ3) is 4.70. The van der Waals surface area contributed by atoms with Gasteiger partial charge in [0.1, 0.15) is 5.00 Å². The Bertz CT molecular complexity index is 1030. The average Bonchev–Trinajstić information content (AvgIpc) is 3.17. The maximum Gasteiger partial charge on any atom is 0.341 e. The maximum atomic E-state index is 12.1. The zero-order valence-corrected chi connectivity index (χ0v) is 18.0. The number of ether oxygens (including phenoxy) is 1. The van der Waals surface area contributed by atoms with Gasteiger partial charge in [-0.15, -0.1) is 11.3 Å². The maximum absolute atomic E-state index is 12.1. The first-order valence-electron chi connectivity index (χ1n) is 8.40. The predicted molar refractivity (Wildman–Crippen MR) is 118 cm³/mol. The molecule has 0 spiro atoms. The largest absolute Gasteiger partial charge is 0.465 e. The molecule has 146 valence electrons. The number of carbonyl (C=O) groups excluding carboxylic acids is 1. The minimum atomic E-state index is -0.382. The van der Waals surface area contributed by atoms with E-state index in [1.54, 1.807) is 17.1 Å². The fraction of sp³-hybridized carbons (Fsp3) is 0.211. The fourth-order valence-corrected chi connectivity index (χ4v) is 4.18. The Kier molecular flexibility index (Phi) is 6.33. The normalized spacial score (nSPS) is 10.6. The molecule has 0 aliphatic heterocycles. The molecule has 3 aromatic rings. The van der Waals surface area contributed by atoms with Gasteiger partial charge in [0.15, 0.2) is 5.11 Å². The van der Waals surface area contributed by atoms with E-state index in [9.17, 15) is 4.79 Å². The molecule has 0 unspecified atom stereocenters. The lowest BCUT2D eigenvalue weighted by atomic mass is 10.1. The van der Waals surface area contributed by atoms with Gasteiger partial charge in [0.25, 0.3) is 0 Å². The molecule has 2 aromatic heterocycles. The second-order valence-electron chi connectivity index (χ2n) is 6.11. The van der Waals surface area contributed by atoms with Gasteiger partial charge in [-0.3, -0.25) is 4.68 Å². The molecule has 2 heterocycles. The number of thiocarbonyl (C=S) groups is 1. The summed E-state index contributed by atoms with van der Waals surface area (Å²) in [5, 5.41) is 12.1. The van der Waals surface area contributed by atoms with Crippen LogP contribution in [0.5, 0.6) is 0 Å². The molecule has 0 saturated heterocycles. The van der Waals surface area contributed by atoms with Crippen LogP contribution in [0.4, 0.5) is 10.7 Å². The van der Waals surface area contributed by atoms with Crippen LogP contribution in [0.25, 0.3) is 0 Å². The molecule has 2 N–H and O–H groups in total. The summed E-state index contributed by atoms with van der Waals surface area (Å²) < 4.78 is 6.65. The highest BCUT2D eigenvalue weighted by Crippen LogP contribution is 2.33. The minimum Gasteiger partial charge on any atom is -0.465 e. The molecule has 6 nitrogen and oxygen atoms in total. The van der Waals surface area contributed by atoms with Crippen LogP contribution >= 0.6 is 35.2 Å². The molecule has 0 bridgehead atoms. The van der Waals surface area contributed by atoms with Crippen molar-refractivity contribution in [1.29, 1.82) is 0 Å². The molecule has 0 aliphatic carbocycles. The predicted octanol–water partition coefficient (Wildman–Crippen LogP) is 4.86. The highest BCUT2D eigenvalue weighted by Gasteiger charge is 2.20. The molecule has 0 saturated carbocycles. The van der Waals surface area contributed by atoms with Crippen LogP contribution in [-0.4, -0.2) is 28.0 Å². The Hall–Kier alpha value is -2.42. The van der Waals surface area contributed by atoms with Gasteiger partial charge in [0.05, 0.1) is 30.4 Å². The smallest absolute Gasteiger partial charge is 0.341 e. The van der Waals surface area contributed by atoms with E-state index in [2.05, 4.69) is 15.7 Å². The summed E-state index contributed by atoms with van der Waals surface area (Å²) in [7, 11) is 1.37. The van der Waals surface area contributed by atoms with Crippen molar-refractivity contribution in [2.45, 2.75) is 20.4 Å². The third-order valence-electron chi connectivity index (χ3n) is 4.13. The molecular weight excluding hydrogens is 416 g/mol. The van der Waals surface area contributed by atoms with Gasteiger partial charge >= 0.3 is 5.97 Å². The molecule has 0 fully saturated rings. The SMILES string of the molecule is COC(=O)c1c(NC(=S)Nc2cccc(Cn3cc(Cl)cn3)c2)sc(C)c1C. The van der Waals surface area contributed by atoms with Crippen molar-refractivity contribution < 1.29 is 9.53 Å². The van der Waals surface area contributed by atoms with E-state index in [0.717, 1.165) is 21.7 Å². The van der Waals surface area contributed by atoms with Gasteiger partial charge in [-0.05, 0) is 49.3 Å². The number of methoxy groups -OCH3 is 1. The Morgan fingerprint density at radius 1 is 1.36 bits per heavy atom. The summed E-state index contributed by atoms with van der Waals surface area (Å²) in [4.78, 5) is 13.1. The number of halogens is 1. The van der Waals surface area contributed by atoms with E-state index in [-0.39, 0.29) is 5.97 Å². The zero-order valence-electron chi connectivity index (χ0n) is 15.6. The van der Waals surface area contributed by atoms with Crippen molar-refractivity contribution in [3.05, 3.63) is 63.2 Å². The van der Waals surface area contributed by atoms with Gasteiger partial charge < -0.3 is 15.4 Å². The minimum absolute atomic E-state index is 0.382. The van der Waals surface area contributed by atoms with Crippen molar-refractivity contribution in [2.24, 2.45) is 0 Å². The van der Waals surface area contributed by atoms with Crippen LogP contribution in [0.2, 0.25) is 5.02 Å². The quantitative estimate of drug-likeness (QED) is 0.441. The number of hydrogen-bond acceptors (Lipinski definition) is 5. The Morgan fingerprint density at radius 2 is 2.14 bits per heavy atom. The lowest BCUT2D eigenvalue weighted by Crippen LogP contribution is -2.20. The van der Waals surface area contributed by atoms with Crippen molar-refractivity contribution in [3.63, 3.8) is 0 Å². The Labute approximate surface area is 177 Å². The number of carbonyl (C=O) groups is 1. The van der Waals surface area contributed by atoms with Gasteiger partial charge in [-0.25, -0.2) is 4.79 Å². The second kappa shape index (κ2) is 8.72. The molecule has 0 atom stereocenters. The summed E-state index contributed by atoms with van der Waals surface area (Å²) in [6, 6.07) is 7.83. The number of aromatic nitrogens is 2. The third-order valence-corrected chi connectivity index (χ3v) is 5.66. The lowest BCUT2D eigenvalue weighted by Gasteiger charge is -2.12. The van der Waals surface area contributed by atoms with E-state index < -0.39 is 0 Å². The monoisotopic (exact) mass is 434 g/mol. The standard InChI is InChI=1S/C19H19ClN4O2S2/c1-11-12(2)28-17(16(11)18(25)26-3)23-19(27)22-15-6-4-5-13(7-15)9-24-10-14(20)8-21-24/h4-8,10H,9H2,1-3H3,(H2,22,23,27). The van der Waals surface area contributed by atoms with Gasteiger partial charge in [-0.1, -0.05) is 23.7 Å². The number of thiophene rings is 1. The number of hydrogen-bond donors (Lipinski definition) is 2. The van der Waals surface area contributed by atoms with E-state index in [0.29, 0.717) is 27.2 Å². The lowest BCUT2D eigenvalue weighted by molar-refractivity contribution is 0.0601. The Balaban J connectivity index is 1.71. The van der Waals surface area contributed by atoms with Crippen LogP contribution in [0, 0.1) is 13.8 Å². The molecule has 9 heteroatoms. The number of nitrogens with one attached hydrogen (secondary N) is 2. The highest BCUT2D eigenvalue weighted by molar-refractivity contribution is 7.80. The molecule has 28 heavy (non-hydrogen) atoms. The van der Waals surface area contributed by atoms with Crippen LogP contribution in [0.15, 0.2) is 36.7 Å². The van der Waals surface area contributed by atoms with E-state index in [4.69, 9.17) is 28.6 Å². The van der Waals surface area contributed by atoms with Crippen molar-refractivity contribution in [3.8, 4) is 0 Å². The second-order valence-corrected chi connectivity index (χ2v) is 8.18. The summed E-state index contributed by atoms with van der Waals surface area (Å²) in [5.74, 6) is -0.382. The molecule has 0 radical (unpaired) electrons. The molecule has 0 aliphatic rings. The summed E-state index contributed by atoms with van der Waals surface area (Å²) in [6.07, 6.45) is 3.37. The van der Waals surface area contributed by atoms with Crippen LogP contribution in [-0.2, 0) is 11.3 Å². The van der Waals surface area contributed by atoms with E-state index in [1.165, 1.54) is 18.4 Å². The zero-order chi connectivity index (χ0) is 20.3. The van der Waals surface area contributed by atoms with Crippen LogP contribution in [0.1, 0.15) is 26.4 Å². The van der Waals surface area contributed by atoms with Crippen molar-refractivity contribution in [2.75, 3.05) is 17.7 Å². The highest BCUT2D eigenvalue weighted by atomic mass is 35.5. The van der Waals surface area contributed by atoms with E-state index in [1.807, 2.05) is 38.1 Å². The van der Waals surface area contributed by atoms with Crippen LogP contribution < -0.4 is 10.6 Å². The number of benzene rings is 1. The number of nitrogens with zero attached hydrogens (tertiary/aromatic N) is 2. The topological polar surface area (TPSA) is 68.2 Å². The summed E-state index contributed by atoms with van der Waals surface area (Å²) >= 11 is 12.8. The molecular formula is C19H19ClN4O2S2. The number of esters is 1. The summed E-state index contributed by atoms with van der Waals surface area (Å²) in [6.45, 7) is 4.45. The van der Waals surface area contributed by atoms with E-state index >= 15 is 0 Å². The Morgan fingerprint density at radius 3 is 2.82 bits per heavy atom. The number of rotatable bonds is 5. The fourth-order valence-electron chi connectivity index (χ4n) is 2.69. The molecule has 3 rings (SSSR count). The van der Waals surface area contributed by atoms with Crippen LogP contribution in [0.3, 0.4) is 0 Å². The van der Waals surface area contributed by atoms with Gasteiger partial charge in [0.2, 0.25) is 0 Å². The number of anilines is 2. The molecule has 1 aromatic carbocycles. The summed E-state index contributed by atoms with van der Waals surface area (Å²) in [5.41, 5.74) is 3.28. The van der Waals surface area contributed by atoms with Crippen molar-refractivity contribution in [1.82, 2.24) is 9.78 Å². The molecule has 0 amide bonds. The van der Waals surface area contributed by atoms with Gasteiger partial charge in [0, 0.05) is 16.8 Å². The van der Waals surface area contributed by atoms with Gasteiger partial charge in [-0.2, -0.15) is 5.10 Å². The number of aryl methyl sites for hydroxylation is 1. The van der Waals surface area contributed by atoms with Crippen molar-refractivity contribution >= 4 is 56.9 Å². The first-order chi connectivity index (χ1) is 13.4. The average molecular weight is 435 g/mol. The first-order valence-corrected chi connectivity index (χ1v) is 10.0.